The molecule has 0 aliphatic carbocycles. The van der Waals surface area contributed by atoms with E-state index in [4.69, 9.17) is 4.74 Å². The van der Waals surface area contributed by atoms with Crippen LogP contribution in [0.1, 0.15) is 61.2 Å². The minimum absolute atomic E-state index is 0.227. The molecule has 0 radical (unpaired) electrons. The average Bonchev–Trinajstić information content (AvgIpc) is 2.98. The Hall–Kier alpha value is -3.13. The molecular weight excluding hydrogens is 424 g/mol. The molecule has 0 unspecified atom stereocenters. The van der Waals surface area contributed by atoms with Crippen molar-refractivity contribution in [1.29, 1.82) is 0 Å². The maximum atomic E-state index is 11.2. The lowest BCUT2D eigenvalue weighted by molar-refractivity contribution is 0.0696. The van der Waals surface area contributed by atoms with Gasteiger partial charge in [0.05, 0.1) is 5.56 Å². The van der Waals surface area contributed by atoms with Crippen LogP contribution in [0.3, 0.4) is 0 Å². The summed E-state index contributed by atoms with van der Waals surface area (Å²) in [7, 11) is 0. The second kappa shape index (κ2) is 10.5. The molecular formula is C24H26N4O3S. The van der Waals surface area contributed by atoms with E-state index in [1.807, 2.05) is 24.3 Å². The number of unbranched alkanes of at least 4 members (excludes halogenated alkanes) is 4. The maximum absolute atomic E-state index is 11.2. The zero-order chi connectivity index (χ0) is 22.3. The Morgan fingerprint density at radius 1 is 1.06 bits per heavy atom. The highest BCUT2D eigenvalue weighted by Gasteiger charge is 2.26. The fraction of sp³-hybridized carbons (Fsp3) is 0.333. The number of para-hydroxylation sites is 1. The SMILES string of the molecule is CCCCCCCSc1nnc2c(n1)O[C@H](c1ccc(C(=O)O)cc1)Nc1ccccc1-2. The summed E-state index contributed by atoms with van der Waals surface area (Å²) in [6, 6.07) is 14.4. The van der Waals surface area contributed by atoms with Gasteiger partial charge in [-0.3, -0.25) is 0 Å². The summed E-state index contributed by atoms with van der Waals surface area (Å²) in [5, 5.41) is 21.9. The van der Waals surface area contributed by atoms with E-state index in [-0.39, 0.29) is 5.56 Å². The third kappa shape index (κ3) is 5.19. The molecule has 1 aliphatic rings. The Morgan fingerprint density at radius 3 is 2.62 bits per heavy atom. The number of hydrogen-bond acceptors (Lipinski definition) is 7. The number of carboxylic acids is 1. The van der Waals surface area contributed by atoms with Gasteiger partial charge in [0.2, 0.25) is 11.0 Å². The van der Waals surface area contributed by atoms with Gasteiger partial charge in [-0.25, -0.2) is 4.79 Å². The normalized spacial score (nSPS) is 14.5. The molecule has 1 aliphatic heterocycles. The number of ether oxygens (including phenoxy) is 1. The van der Waals surface area contributed by atoms with Crippen LogP contribution in [0, 0.1) is 0 Å². The number of nitrogens with one attached hydrogen (secondary N) is 1. The molecule has 3 aromatic rings. The fourth-order valence-electron chi connectivity index (χ4n) is 3.53. The van der Waals surface area contributed by atoms with E-state index in [0.29, 0.717) is 16.7 Å². The van der Waals surface area contributed by atoms with Crippen LogP contribution in [0.2, 0.25) is 0 Å². The van der Waals surface area contributed by atoms with Crippen molar-refractivity contribution < 1.29 is 14.6 Å². The standard InChI is InChI=1S/C24H26N4O3S/c1-2-3-4-5-8-15-32-24-26-22-20(27-28-24)18-9-6-7-10-19(18)25-21(31-22)16-11-13-17(14-12-16)23(29)30/h6-7,9-14,21,25H,2-5,8,15H2,1H3,(H,29,30)/t21-/m1/s1. The van der Waals surface area contributed by atoms with Gasteiger partial charge < -0.3 is 15.2 Å². The highest BCUT2D eigenvalue weighted by atomic mass is 32.2. The first-order chi connectivity index (χ1) is 15.7. The van der Waals surface area contributed by atoms with Crippen LogP contribution >= 0.6 is 11.8 Å². The minimum Gasteiger partial charge on any atom is -0.478 e. The zero-order valence-corrected chi connectivity index (χ0v) is 18.8. The van der Waals surface area contributed by atoms with Crippen molar-refractivity contribution in [2.24, 2.45) is 0 Å². The van der Waals surface area contributed by atoms with Crippen LogP contribution in [0.4, 0.5) is 5.69 Å². The van der Waals surface area contributed by atoms with Gasteiger partial charge in [-0.15, -0.1) is 10.2 Å². The largest absolute Gasteiger partial charge is 0.478 e. The molecule has 0 spiro atoms. The second-order valence-corrected chi connectivity index (χ2v) is 8.69. The van der Waals surface area contributed by atoms with Crippen molar-refractivity contribution in [2.45, 2.75) is 50.4 Å². The molecule has 32 heavy (non-hydrogen) atoms. The molecule has 4 rings (SSSR count). The summed E-state index contributed by atoms with van der Waals surface area (Å²) < 4.78 is 6.24. The van der Waals surface area contributed by atoms with Gasteiger partial charge in [0.25, 0.3) is 0 Å². The van der Waals surface area contributed by atoms with E-state index in [0.717, 1.165) is 29.0 Å². The number of hydrogen-bond donors (Lipinski definition) is 2. The number of aromatic carboxylic acids is 1. The van der Waals surface area contributed by atoms with Gasteiger partial charge in [-0.05, 0) is 24.6 Å². The molecule has 0 fully saturated rings. The maximum Gasteiger partial charge on any atom is 0.335 e. The van der Waals surface area contributed by atoms with Gasteiger partial charge >= 0.3 is 5.97 Å². The smallest absolute Gasteiger partial charge is 0.335 e. The molecule has 7 nitrogen and oxygen atoms in total. The van der Waals surface area contributed by atoms with E-state index in [9.17, 15) is 9.90 Å². The lowest BCUT2D eigenvalue weighted by Gasteiger charge is -2.19. The van der Waals surface area contributed by atoms with Crippen molar-refractivity contribution in [3.05, 3.63) is 59.7 Å². The summed E-state index contributed by atoms with van der Waals surface area (Å²) in [5.74, 6) is 0.396. The van der Waals surface area contributed by atoms with Crippen molar-refractivity contribution in [1.82, 2.24) is 15.2 Å². The van der Waals surface area contributed by atoms with Gasteiger partial charge in [0.15, 0.2) is 11.9 Å². The summed E-state index contributed by atoms with van der Waals surface area (Å²) in [6.07, 6.45) is 5.56. The number of carbonyl (C=O) groups is 1. The van der Waals surface area contributed by atoms with E-state index in [1.54, 1.807) is 36.0 Å². The van der Waals surface area contributed by atoms with Crippen molar-refractivity contribution in [2.75, 3.05) is 11.1 Å². The van der Waals surface area contributed by atoms with Crippen LogP contribution < -0.4 is 10.1 Å². The monoisotopic (exact) mass is 450 g/mol. The van der Waals surface area contributed by atoms with E-state index in [2.05, 4.69) is 27.4 Å². The Labute approximate surface area is 191 Å². The lowest BCUT2D eigenvalue weighted by atomic mass is 10.1. The molecule has 8 heteroatoms. The topological polar surface area (TPSA) is 97.2 Å². The predicted octanol–water partition coefficient (Wildman–Crippen LogP) is 5.80. The van der Waals surface area contributed by atoms with Gasteiger partial charge in [0, 0.05) is 22.6 Å². The van der Waals surface area contributed by atoms with Crippen LogP contribution in [-0.2, 0) is 0 Å². The zero-order valence-electron chi connectivity index (χ0n) is 18.0. The summed E-state index contributed by atoms with van der Waals surface area (Å²) in [5.41, 5.74) is 3.32. The summed E-state index contributed by atoms with van der Waals surface area (Å²) in [4.78, 5) is 15.9. The van der Waals surface area contributed by atoms with Gasteiger partial charge in [-0.2, -0.15) is 4.98 Å². The number of benzene rings is 2. The number of fused-ring (bicyclic) bond motifs is 3. The minimum atomic E-state index is -0.963. The molecule has 0 saturated carbocycles. The van der Waals surface area contributed by atoms with Crippen LogP contribution in [0.5, 0.6) is 5.88 Å². The fourth-order valence-corrected chi connectivity index (χ4v) is 4.31. The molecule has 2 aromatic carbocycles. The molecule has 1 aromatic heterocycles. The average molecular weight is 451 g/mol. The summed E-state index contributed by atoms with van der Waals surface area (Å²) >= 11 is 1.59. The first kappa shape index (κ1) is 22.1. The predicted molar refractivity (Wildman–Crippen MR) is 125 cm³/mol. The number of aromatic nitrogens is 3. The first-order valence-electron chi connectivity index (χ1n) is 10.9. The van der Waals surface area contributed by atoms with Crippen LogP contribution in [0.25, 0.3) is 11.3 Å². The highest BCUT2D eigenvalue weighted by Crippen LogP contribution is 2.39. The number of rotatable bonds is 9. The Morgan fingerprint density at radius 2 is 1.84 bits per heavy atom. The van der Waals surface area contributed by atoms with Crippen molar-refractivity contribution >= 4 is 23.4 Å². The molecule has 1 atom stereocenters. The highest BCUT2D eigenvalue weighted by molar-refractivity contribution is 7.99. The number of nitrogens with zero attached hydrogens (tertiary/aromatic N) is 3. The summed E-state index contributed by atoms with van der Waals surface area (Å²) in [6.45, 7) is 2.21. The second-order valence-electron chi connectivity index (χ2n) is 7.63. The molecule has 0 saturated heterocycles. The molecule has 166 valence electrons. The first-order valence-corrected chi connectivity index (χ1v) is 11.9. The number of carboxylic acid groups (broad SMARTS) is 1. The quantitative estimate of drug-likeness (QED) is 0.312. The molecule has 2 N–H and O–H groups in total. The third-order valence-corrected chi connectivity index (χ3v) is 6.20. The molecule has 0 amide bonds. The lowest BCUT2D eigenvalue weighted by Crippen LogP contribution is -2.17. The van der Waals surface area contributed by atoms with E-state index < -0.39 is 12.2 Å². The van der Waals surface area contributed by atoms with Crippen LogP contribution in [0.15, 0.2) is 53.7 Å². The Balaban J connectivity index is 1.57. The molecule has 0 bridgehead atoms. The van der Waals surface area contributed by atoms with E-state index >= 15 is 0 Å². The van der Waals surface area contributed by atoms with E-state index in [1.165, 1.54) is 25.7 Å². The number of anilines is 1. The van der Waals surface area contributed by atoms with Gasteiger partial charge in [0.1, 0.15) is 0 Å². The van der Waals surface area contributed by atoms with Gasteiger partial charge in [-0.1, -0.05) is 74.7 Å². The third-order valence-electron chi connectivity index (χ3n) is 5.27. The van der Waals surface area contributed by atoms with Crippen molar-refractivity contribution in [3.63, 3.8) is 0 Å². The van der Waals surface area contributed by atoms with Crippen molar-refractivity contribution in [3.8, 4) is 17.1 Å². The van der Waals surface area contributed by atoms with Crippen LogP contribution in [-0.4, -0.2) is 32.0 Å². The molecule has 2 heterocycles. The Bertz CT molecular complexity index is 1080. The Kier molecular flexibility index (Phi) is 7.21. The number of thioether (sulfide) groups is 1.